The minimum Gasteiger partial charge on any atom is -0.493 e. The Kier molecular flexibility index (Phi) is 10.1. The number of likely N-dealkylation sites (tertiary alicyclic amines) is 2. The van der Waals surface area contributed by atoms with Crippen molar-refractivity contribution in [2.24, 2.45) is 28.3 Å². The molecule has 2 fully saturated rings. The molecule has 8 nitrogen and oxygen atoms in total. The first-order valence-electron chi connectivity index (χ1n) is 13.7. The summed E-state index contributed by atoms with van der Waals surface area (Å²) in [6, 6.07) is 3.40. The Balaban J connectivity index is 1.41. The second kappa shape index (κ2) is 12.9. The van der Waals surface area contributed by atoms with Crippen molar-refractivity contribution in [2.75, 3.05) is 32.8 Å². The van der Waals surface area contributed by atoms with Gasteiger partial charge in [-0.05, 0) is 50.2 Å². The number of alkyl halides is 1. The predicted octanol–water partition coefficient (Wildman–Crippen LogP) is 4.22. The van der Waals surface area contributed by atoms with E-state index in [9.17, 15) is 18.4 Å². The Morgan fingerprint density at radius 1 is 1.18 bits per heavy atom. The number of carbonyl (C=O) groups excluding carboxylic acids is 2. The lowest BCUT2D eigenvalue weighted by molar-refractivity contribution is -0.132. The molecule has 10 heteroatoms. The SMILES string of the molecule is CC(C)/C(N)=N/C(=O)N1CCC(CCCOc2ccc([C@H](C)C(N)C(=O)N3CCC(C)(F)C3)c(F)c2)CC1. The molecule has 0 aromatic heterocycles. The van der Waals surface area contributed by atoms with Crippen molar-refractivity contribution in [3.05, 3.63) is 29.6 Å². The molecular formula is C28H43F2N5O3. The van der Waals surface area contributed by atoms with Gasteiger partial charge in [-0.15, -0.1) is 0 Å². The molecular weight excluding hydrogens is 492 g/mol. The van der Waals surface area contributed by atoms with E-state index in [1.54, 1.807) is 24.0 Å². The van der Waals surface area contributed by atoms with Crippen molar-refractivity contribution in [2.45, 2.75) is 77.4 Å². The number of amidine groups is 1. The summed E-state index contributed by atoms with van der Waals surface area (Å²) >= 11 is 0. The molecule has 2 aliphatic rings. The van der Waals surface area contributed by atoms with Crippen molar-refractivity contribution in [1.82, 2.24) is 9.80 Å². The number of carbonyl (C=O) groups is 2. The maximum atomic E-state index is 14.9. The van der Waals surface area contributed by atoms with E-state index in [0.717, 1.165) is 25.7 Å². The molecule has 212 valence electrons. The van der Waals surface area contributed by atoms with Crippen LogP contribution in [0.25, 0.3) is 0 Å². The highest BCUT2D eigenvalue weighted by Crippen LogP contribution is 2.29. The molecule has 3 atom stereocenters. The van der Waals surface area contributed by atoms with Crippen LogP contribution in [0.2, 0.25) is 0 Å². The van der Waals surface area contributed by atoms with Crippen LogP contribution in [0.15, 0.2) is 23.2 Å². The molecule has 2 heterocycles. The van der Waals surface area contributed by atoms with E-state index in [0.29, 0.717) is 49.3 Å². The molecule has 1 aromatic carbocycles. The summed E-state index contributed by atoms with van der Waals surface area (Å²) in [6.07, 6.45) is 3.88. The average Bonchev–Trinajstić information content (AvgIpc) is 3.25. The van der Waals surface area contributed by atoms with Gasteiger partial charge in [0.25, 0.3) is 0 Å². The minimum atomic E-state index is -1.41. The van der Waals surface area contributed by atoms with E-state index in [2.05, 4.69) is 4.99 Å². The number of nitrogens with two attached hydrogens (primary N) is 2. The lowest BCUT2D eigenvalue weighted by Crippen LogP contribution is -2.46. The molecule has 0 aliphatic carbocycles. The number of hydrogen-bond donors (Lipinski definition) is 2. The first-order valence-corrected chi connectivity index (χ1v) is 13.7. The smallest absolute Gasteiger partial charge is 0.345 e. The van der Waals surface area contributed by atoms with Crippen LogP contribution in [0.5, 0.6) is 5.75 Å². The summed E-state index contributed by atoms with van der Waals surface area (Å²) in [6.45, 7) is 9.11. The summed E-state index contributed by atoms with van der Waals surface area (Å²) in [5.41, 5.74) is 10.9. The van der Waals surface area contributed by atoms with E-state index >= 15 is 0 Å². The number of benzene rings is 1. The first-order chi connectivity index (χ1) is 17.9. The molecule has 0 saturated carbocycles. The lowest BCUT2D eigenvalue weighted by atomic mass is 9.92. The van der Waals surface area contributed by atoms with Crippen LogP contribution in [0, 0.1) is 17.7 Å². The summed E-state index contributed by atoms with van der Waals surface area (Å²) in [4.78, 5) is 32.1. The van der Waals surface area contributed by atoms with Crippen molar-refractivity contribution in [3.63, 3.8) is 0 Å². The molecule has 2 unspecified atom stereocenters. The number of ether oxygens (including phenoxy) is 1. The minimum absolute atomic E-state index is 0.0146. The first kappa shape index (κ1) is 29.8. The van der Waals surface area contributed by atoms with Crippen molar-refractivity contribution in [3.8, 4) is 5.75 Å². The molecule has 0 bridgehead atoms. The Hall–Kier alpha value is -2.75. The largest absolute Gasteiger partial charge is 0.493 e. The number of piperidine rings is 1. The van der Waals surface area contributed by atoms with Gasteiger partial charge in [0.2, 0.25) is 5.91 Å². The van der Waals surface area contributed by atoms with Crippen LogP contribution in [0.4, 0.5) is 13.6 Å². The number of nitrogens with zero attached hydrogens (tertiary/aromatic N) is 3. The van der Waals surface area contributed by atoms with Gasteiger partial charge in [-0.2, -0.15) is 4.99 Å². The number of urea groups is 1. The summed E-state index contributed by atoms with van der Waals surface area (Å²) in [5.74, 6) is -0.0765. The van der Waals surface area contributed by atoms with Crippen LogP contribution in [-0.2, 0) is 4.79 Å². The Morgan fingerprint density at radius 2 is 1.87 bits per heavy atom. The van der Waals surface area contributed by atoms with Crippen LogP contribution >= 0.6 is 0 Å². The number of amides is 3. The topological polar surface area (TPSA) is 114 Å². The van der Waals surface area contributed by atoms with Crippen molar-refractivity contribution in [1.29, 1.82) is 0 Å². The molecule has 0 spiro atoms. The van der Waals surface area contributed by atoms with Gasteiger partial charge in [0.15, 0.2) is 0 Å². The van der Waals surface area contributed by atoms with Crippen molar-refractivity contribution < 1.29 is 23.1 Å². The van der Waals surface area contributed by atoms with E-state index < -0.39 is 23.4 Å². The van der Waals surface area contributed by atoms with Crippen LogP contribution in [0.3, 0.4) is 0 Å². The third-order valence-corrected chi connectivity index (χ3v) is 7.75. The van der Waals surface area contributed by atoms with Crippen LogP contribution in [-0.4, -0.2) is 72.1 Å². The van der Waals surface area contributed by atoms with Gasteiger partial charge >= 0.3 is 6.03 Å². The zero-order chi connectivity index (χ0) is 28.0. The summed E-state index contributed by atoms with van der Waals surface area (Å²) in [5, 5.41) is 0. The zero-order valence-corrected chi connectivity index (χ0v) is 23.1. The van der Waals surface area contributed by atoms with Crippen LogP contribution < -0.4 is 16.2 Å². The molecule has 1 aromatic rings. The third kappa shape index (κ3) is 7.88. The normalized spacial score (nSPS) is 22.6. The monoisotopic (exact) mass is 535 g/mol. The average molecular weight is 536 g/mol. The van der Waals surface area contributed by atoms with Gasteiger partial charge < -0.3 is 26.0 Å². The van der Waals surface area contributed by atoms with E-state index in [4.69, 9.17) is 16.2 Å². The number of rotatable bonds is 9. The number of aliphatic imine (C=N–C) groups is 1. The van der Waals surface area contributed by atoms with Gasteiger partial charge in [-0.1, -0.05) is 26.8 Å². The number of hydrogen-bond acceptors (Lipinski definition) is 4. The Bertz CT molecular complexity index is 1010. The van der Waals surface area contributed by atoms with Gasteiger partial charge in [0.1, 0.15) is 23.1 Å². The highest BCUT2D eigenvalue weighted by molar-refractivity contribution is 5.93. The molecule has 0 radical (unpaired) electrons. The number of halogens is 2. The fraction of sp³-hybridized carbons (Fsp3) is 0.679. The molecule has 3 amide bonds. The highest BCUT2D eigenvalue weighted by Gasteiger charge is 2.39. The molecule has 38 heavy (non-hydrogen) atoms. The second-order valence-corrected chi connectivity index (χ2v) is 11.3. The molecule has 2 saturated heterocycles. The fourth-order valence-corrected chi connectivity index (χ4v) is 4.98. The molecule has 3 rings (SSSR count). The summed E-state index contributed by atoms with van der Waals surface area (Å²) in [7, 11) is 0. The van der Waals surface area contributed by atoms with Gasteiger partial charge in [-0.25, -0.2) is 13.6 Å². The predicted molar refractivity (Wildman–Crippen MR) is 144 cm³/mol. The molecule has 2 aliphatic heterocycles. The highest BCUT2D eigenvalue weighted by atomic mass is 19.1. The van der Waals surface area contributed by atoms with Crippen molar-refractivity contribution >= 4 is 17.8 Å². The maximum absolute atomic E-state index is 14.9. The van der Waals surface area contributed by atoms with E-state index in [-0.39, 0.29) is 30.8 Å². The lowest BCUT2D eigenvalue weighted by Gasteiger charge is -2.30. The van der Waals surface area contributed by atoms with Gasteiger partial charge in [-0.3, -0.25) is 4.79 Å². The maximum Gasteiger partial charge on any atom is 0.345 e. The van der Waals surface area contributed by atoms with Gasteiger partial charge in [0.05, 0.1) is 19.2 Å². The second-order valence-electron chi connectivity index (χ2n) is 11.3. The van der Waals surface area contributed by atoms with E-state index in [1.807, 2.05) is 13.8 Å². The third-order valence-electron chi connectivity index (χ3n) is 7.75. The van der Waals surface area contributed by atoms with E-state index in [1.165, 1.54) is 17.9 Å². The van der Waals surface area contributed by atoms with Crippen LogP contribution in [0.1, 0.15) is 71.3 Å². The Labute approximate surface area is 224 Å². The Morgan fingerprint density at radius 3 is 2.45 bits per heavy atom. The van der Waals surface area contributed by atoms with Gasteiger partial charge in [0, 0.05) is 44.0 Å². The quantitative estimate of drug-likeness (QED) is 0.279. The zero-order valence-electron chi connectivity index (χ0n) is 23.1. The fourth-order valence-electron chi connectivity index (χ4n) is 4.98. The molecule has 4 N–H and O–H groups in total. The summed E-state index contributed by atoms with van der Waals surface area (Å²) < 4.78 is 34.8. The standard InChI is InChI=1S/C28H43F2N5O3/c1-18(2)25(32)33-27(37)34-12-9-20(10-13-34)6-5-15-38-21-7-8-22(23(29)16-21)19(3)24(31)26(36)35-14-11-28(4,30)17-35/h7-8,16,18-20,24H,5-6,9-15,17,31H2,1-4H3,(H2,32,33,37)/t19-,24?,28?/m0/s1.